The van der Waals surface area contributed by atoms with Crippen LogP contribution < -0.4 is 5.32 Å². The van der Waals surface area contributed by atoms with Gasteiger partial charge in [0.2, 0.25) is 0 Å². The zero-order chi connectivity index (χ0) is 11.3. The zero-order valence-electron chi connectivity index (χ0n) is 10.3. The molecule has 90 valence electrons. The molecule has 3 aliphatic rings. The molecule has 0 amide bonds. The van der Waals surface area contributed by atoms with Gasteiger partial charge >= 0.3 is 0 Å². The van der Waals surface area contributed by atoms with Crippen LogP contribution in [0, 0.1) is 23.7 Å². The quantitative estimate of drug-likeness (QED) is 0.705. The van der Waals surface area contributed by atoms with Gasteiger partial charge in [0.15, 0.2) is 5.11 Å². The van der Waals surface area contributed by atoms with Gasteiger partial charge in [0.05, 0.1) is 0 Å². The summed E-state index contributed by atoms with van der Waals surface area (Å²) in [4.78, 5) is 2.02. The van der Waals surface area contributed by atoms with Crippen molar-refractivity contribution in [2.45, 2.75) is 38.1 Å². The number of hydrogen-bond acceptors (Lipinski definition) is 1. The normalized spacial score (nSPS) is 44.5. The monoisotopic (exact) mass is 238 g/mol. The van der Waals surface area contributed by atoms with Gasteiger partial charge in [-0.2, -0.15) is 0 Å². The highest BCUT2D eigenvalue weighted by Crippen LogP contribution is 2.58. The standard InChI is InChI=1S/C13H22N2S/c1-15(2)13(16)14-12-7-8-6-11(12)10-5-3-4-9(8)10/h8-12H,3-7H2,1-2H3,(H,14,16)/t8-,9-,10-,11-,12-/m1/s1. The van der Waals surface area contributed by atoms with Gasteiger partial charge in [0.25, 0.3) is 0 Å². The van der Waals surface area contributed by atoms with Crippen LogP contribution in [0.25, 0.3) is 0 Å². The first kappa shape index (κ1) is 10.8. The first-order valence-corrected chi connectivity index (χ1v) is 7.05. The van der Waals surface area contributed by atoms with Gasteiger partial charge in [-0.3, -0.25) is 0 Å². The van der Waals surface area contributed by atoms with E-state index in [0.717, 1.165) is 28.8 Å². The molecule has 0 aromatic carbocycles. The topological polar surface area (TPSA) is 15.3 Å². The average Bonchev–Trinajstić information content (AvgIpc) is 2.87. The number of nitrogens with zero attached hydrogens (tertiary/aromatic N) is 1. The fraction of sp³-hybridized carbons (Fsp3) is 0.923. The molecular weight excluding hydrogens is 216 g/mol. The van der Waals surface area contributed by atoms with Crippen molar-refractivity contribution in [2.75, 3.05) is 14.1 Å². The van der Waals surface area contributed by atoms with E-state index in [-0.39, 0.29) is 0 Å². The van der Waals surface area contributed by atoms with Crippen molar-refractivity contribution in [1.29, 1.82) is 0 Å². The van der Waals surface area contributed by atoms with Crippen LogP contribution >= 0.6 is 12.2 Å². The van der Waals surface area contributed by atoms with Crippen molar-refractivity contribution in [3.05, 3.63) is 0 Å². The number of nitrogens with one attached hydrogen (secondary N) is 1. The van der Waals surface area contributed by atoms with E-state index in [1.54, 1.807) is 0 Å². The molecule has 2 nitrogen and oxygen atoms in total. The van der Waals surface area contributed by atoms with Crippen LogP contribution in [0.15, 0.2) is 0 Å². The van der Waals surface area contributed by atoms with Crippen LogP contribution in [0.4, 0.5) is 0 Å². The Hall–Kier alpha value is -0.310. The summed E-state index contributed by atoms with van der Waals surface area (Å²) >= 11 is 5.37. The third kappa shape index (κ3) is 1.55. The van der Waals surface area contributed by atoms with Gasteiger partial charge in [-0.05, 0) is 61.6 Å². The molecule has 16 heavy (non-hydrogen) atoms. The predicted octanol–water partition coefficient (Wildman–Crippen LogP) is 2.25. The molecule has 0 heterocycles. The van der Waals surface area contributed by atoms with Crippen molar-refractivity contribution in [2.24, 2.45) is 23.7 Å². The molecule has 0 saturated heterocycles. The largest absolute Gasteiger partial charge is 0.360 e. The summed E-state index contributed by atoms with van der Waals surface area (Å²) in [6.07, 6.45) is 7.32. The Bertz CT molecular complexity index is 302. The van der Waals surface area contributed by atoms with Crippen LogP contribution in [0.2, 0.25) is 0 Å². The van der Waals surface area contributed by atoms with E-state index < -0.39 is 0 Å². The SMILES string of the molecule is CN(C)C(=S)N[C@@H]1C[C@H]2C[C@@H]1[C@@H]1CCC[C@H]21. The van der Waals surface area contributed by atoms with Crippen LogP contribution in [-0.2, 0) is 0 Å². The van der Waals surface area contributed by atoms with Gasteiger partial charge < -0.3 is 10.2 Å². The van der Waals surface area contributed by atoms with Crippen LogP contribution in [0.1, 0.15) is 32.1 Å². The summed E-state index contributed by atoms with van der Waals surface area (Å²) in [5, 5.41) is 4.50. The summed E-state index contributed by atoms with van der Waals surface area (Å²) in [6.45, 7) is 0. The third-order valence-electron chi connectivity index (χ3n) is 5.14. The lowest BCUT2D eigenvalue weighted by atomic mass is 9.79. The molecule has 0 aromatic rings. The third-order valence-corrected chi connectivity index (χ3v) is 5.63. The van der Waals surface area contributed by atoms with E-state index in [4.69, 9.17) is 12.2 Å². The molecule has 3 aliphatic carbocycles. The van der Waals surface area contributed by atoms with E-state index in [2.05, 4.69) is 5.32 Å². The van der Waals surface area contributed by atoms with Crippen molar-refractivity contribution in [3.8, 4) is 0 Å². The molecule has 3 rings (SSSR count). The maximum absolute atomic E-state index is 5.37. The fourth-order valence-electron chi connectivity index (χ4n) is 4.52. The second-order valence-electron chi connectivity index (χ2n) is 6.10. The Kier molecular flexibility index (Phi) is 2.61. The van der Waals surface area contributed by atoms with Crippen molar-refractivity contribution < 1.29 is 0 Å². The lowest BCUT2D eigenvalue weighted by Gasteiger charge is -2.33. The maximum atomic E-state index is 5.37. The molecule has 0 aromatic heterocycles. The van der Waals surface area contributed by atoms with Crippen molar-refractivity contribution in [1.82, 2.24) is 10.2 Å². The minimum Gasteiger partial charge on any atom is -0.360 e. The van der Waals surface area contributed by atoms with Gasteiger partial charge in [-0.25, -0.2) is 0 Å². The molecule has 3 fully saturated rings. The van der Waals surface area contributed by atoms with Gasteiger partial charge in [0.1, 0.15) is 0 Å². The van der Waals surface area contributed by atoms with Gasteiger partial charge in [0, 0.05) is 20.1 Å². The lowest BCUT2D eigenvalue weighted by molar-refractivity contribution is 0.221. The second kappa shape index (κ2) is 3.86. The predicted molar refractivity (Wildman–Crippen MR) is 70.3 cm³/mol. The summed E-state index contributed by atoms with van der Waals surface area (Å²) in [7, 11) is 4.06. The summed E-state index contributed by atoms with van der Waals surface area (Å²) in [5.74, 6) is 4.05. The maximum Gasteiger partial charge on any atom is 0.168 e. The number of fused-ring (bicyclic) bond motifs is 5. The van der Waals surface area contributed by atoms with E-state index >= 15 is 0 Å². The highest BCUT2D eigenvalue weighted by molar-refractivity contribution is 7.80. The van der Waals surface area contributed by atoms with E-state index in [1.807, 2.05) is 19.0 Å². The molecule has 3 saturated carbocycles. The van der Waals surface area contributed by atoms with Gasteiger partial charge in [-0.1, -0.05) is 6.42 Å². The van der Waals surface area contributed by atoms with Crippen molar-refractivity contribution in [3.63, 3.8) is 0 Å². The molecular formula is C13H22N2S. The summed E-state index contributed by atoms with van der Waals surface area (Å²) in [6, 6.07) is 0.680. The van der Waals surface area contributed by atoms with Gasteiger partial charge in [-0.15, -0.1) is 0 Å². The Balaban J connectivity index is 1.66. The minimum atomic E-state index is 0.680. The average molecular weight is 238 g/mol. The van der Waals surface area contributed by atoms with Crippen LogP contribution in [-0.4, -0.2) is 30.1 Å². The Labute approximate surface area is 104 Å². The Morgan fingerprint density at radius 3 is 2.62 bits per heavy atom. The Morgan fingerprint density at radius 1 is 1.12 bits per heavy atom. The van der Waals surface area contributed by atoms with Crippen LogP contribution in [0.5, 0.6) is 0 Å². The Morgan fingerprint density at radius 2 is 1.88 bits per heavy atom. The number of rotatable bonds is 1. The molecule has 3 heteroatoms. The molecule has 5 atom stereocenters. The highest BCUT2D eigenvalue weighted by atomic mass is 32.1. The van der Waals surface area contributed by atoms with Crippen molar-refractivity contribution >= 4 is 17.3 Å². The number of thiocarbonyl (C=S) groups is 1. The molecule has 1 N–H and O–H groups in total. The minimum absolute atomic E-state index is 0.680. The summed E-state index contributed by atoms with van der Waals surface area (Å²) in [5.41, 5.74) is 0. The highest BCUT2D eigenvalue weighted by Gasteiger charge is 2.53. The molecule has 0 unspecified atom stereocenters. The summed E-state index contributed by atoms with van der Waals surface area (Å²) < 4.78 is 0. The molecule has 2 bridgehead atoms. The van der Waals surface area contributed by atoms with E-state index in [9.17, 15) is 0 Å². The van der Waals surface area contributed by atoms with E-state index in [0.29, 0.717) is 6.04 Å². The molecule has 0 radical (unpaired) electrons. The zero-order valence-corrected chi connectivity index (χ0v) is 11.1. The number of hydrogen-bond donors (Lipinski definition) is 1. The molecule has 0 aliphatic heterocycles. The fourth-order valence-corrected chi connectivity index (χ4v) is 4.67. The smallest absolute Gasteiger partial charge is 0.168 e. The first-order chi connectivity index (χ1) is 7.66. The van der Waals surface area contributed by atoms with E-state index in [1.165, 1.54) is 32.1 Å². The molecule has 0 spiro atoms. The van der Waals surface area contributed by atoms with Crippen LogP contribution in [0.3, 0.4) is 0 Å². The first-order valence-electron chi connectivity index (χ1n) is 6.64. The second-order valence-corrected chi connectivity index (χ2v) is 6.49. The lowest BCUT2D eigenvalue weighted by Crippen LogP contribution is -2.46.